The summed E-state index contributed by atoms with van der Waals surface area (Å²) in [7, 11) is 0. The van der Waals surface area contributed by atoms with Gasteiger partial charge in [0.1, 0.15) is 0 Å². The van der Waals surface area contributed by atoms with Crippen LogP contribution in [0.1, 0.15) is 27.7 Å². The van der Waals surface area contributed by atoms with E-state index in [0.29, 0.717) is 11.4 Å². The summed E-state index contributed by atoms with van der Waals surface area (Å²) in [6, 6.07) is 18.0. The molecule has 9 heteroatoms. The maximum atomic E-state index is 11.0. The zero-order valence-corrected chi connectivity index (χ0v) is 20.9. The summed E-state index contributed by atoms with van der Waals surface area (Å²) in [4.78, 5) is 22.1. The van der Waals surface area contributed by atoms with E-state index >= 15 is 0 Å². The van der Waals surface area contributed by atoms with E-state index in [1.165, 1.54) is 13.8 Å². The van der Waals surface area contributed by atoms with Crippen LogP contribution in [-0.2, 0) is 31.3 Å². The molecule has 33 heavy (non-hydrogen) atoms. The number of amides is 2. The van der Waals surface area contributed by atoms with E-state index in [9.17, 15) is 19.8 Å². The molecule has 2 rings (SSSR count). The van der Waals surface area contributed by atoms with Gasteiger partial charge >= 0.3 is 21.7 Å². The third kappa shape index (κ3) is 25.2. The summed E-state index contributed by atoms with van der Waals surface area (Å²) < 4.78 is 0. The van der Waals surface area contributed by atoms with Gasteiger partial charge in [-0.25, -0.2) is 0 Å². The number of rotatable bonds is 4. The Morgan fingerprint density at radius 1 is 0.697 bits per heavy atom. The Hall–Kier alpha value is -2.91. The molecule has 0 aliphatic carbocycles. The molecule has 0 unspecified atom stereocenters. The van der Waals surface area contributed by atoms with E-state index in [-0.39, 0.29) is 46.4 Å². The van der Waals surface area contributed by atoms with Crippen molar-refractivity contribution in [1.82, 2.24) is 0 Å². The first-order chi connectivity index (χ1) is 15.2. The van der Waals surface area contributed by atoms with E-state index in [4.69, 9.17) is 10.2 Å². The van der Waals surface area contributed by atoms with Gasteiger partial charge in [0.2, 0.25) is 11.8 Å². The maximum absolute atomic E-state index is 11.0. The van der Waals surface area contributed by atoms with E-state index in [2.05, 4.69) is 10.6 Å². The molecule has 0 fully saturated rings. The zero-order valence-electron chi connectivity index (χ0n) is 19.3. The molecule has 8 nitrogen and oxygen atoms in total. The van der Waals surface area contributed by atoms with Gasteiger partial charge in [0.15, 0.2) is 0 Å². The van der Waals surface area contributed by atoms with Crippen LogP contribution < -0.4 is 31.1 Å². The van der Waals surface area contributed by atoms with Gasteiger partial charge in [0, 0.05) is 11.4 Å². The van der Waals surface area contributed by atoms with Crippen molar-refractivity contribution in [2.75, 3.05) is 23.8 Å². The topological polar surface area (TPSA) is 150 Å². The van der Waals surface area contributed by atoms with Crippen LogP contribution in [0.5, 0.6) is 0 Å². The largest absolute Gasteiger partial charge is 4.00 e. The van der Waals surface area contributed by atoms with Crippen molar-refractivity contribution in [1.29, 1.82) is 0 Å². The molecule has 0 radical (unpaired) electrons. The third-order valence-electron chi connectivity index (χ3n) is 2.75. The molecule has 176 valence electrons. The van der Waals surface area contributed by atoms with Gasteiger partial charge in [0.25, 0.3) is 0 Å². The van der Waals surface area contributed by atoms with Crippen LogP contribution in [0.25, 0.3) is 0 Å². The molecule has 0 bridgehead atoms. The van der Waals surface area contributed by atoms with Crippen LogP contribution in [0, 0.1) is 0 Å². The molecule has 0 atom stereocenters. The molecule has 0 saturated heterocycles. The Bertz CT molecular complexity index is 735. The van der Waals surface area contributed by atoms with Gasteiger partial charge in [0.05, 0.1) is 0 Å². The predicted octanol–water partition coefficient (Wildman–Crippen LogP) is 0.509. The van der Waals surface area contributed by atoms with Crippen molar-refractivity contribution in [3.8, 4) is 0 Å². The second kappa shape index (κ2) is 23.8. The molecule has 0 aliphatic heterocycles. The van der Waals surface area contributed by atoms with E-state index < -0.39 is 11.8 Å². The maximum Gasteiger partial charge on any atom is 4.00 e. The van der Waals surface area contributed by atoms with E-state index in [1.54, 1.807) is 38.1 Å². The Morgan fingerprint density at radius 3 is 1.15 bits per heavy atom. The molecule has 0 aliphatic rings. The van der Waals surface area contributed by atoms with Gasteiger partial charge in [-0.15, -0.1) is 24.7 Å². The second-order valence-electron chi connectivity index (χ2n) is 5.80. The Kier molecular flexibility index (Phi) is 25.0. The van der Waals surface area contributed by atoms with Crippen molar-refractivity contribution >= 4 is 23.2 Å². The minimum Gasteiger partial charge on any atom is -0.875 e. The van der Waals surface area contributed by atoms with Crippen LogP contribution >= 0.6 is 0 Å². The summed E-state index contributed by atoms with van der Waals surface area (Å²) in [5.74, 6) is -1.29. The SMILES string of the molecule is C/C([O-])=C/C(=O)Nc1ccccc1.C/C([O-])=C/C(=O)Nc1ccccc1.CC[O-].CC[O-].[Ti+4]. The zero-order chi connectivity index (χ0) is 24.8. The van der Waals surface area contributed by atoms with Gasteiger partial charge in [-0.05, 0) is 36.4 Å². The summed E-state index contributed by atoms with van der Waals surface area (Å²) in [6.45, 7) is 5.81. The second-order valence-corrected chi connectivity index (χ2v) is 5.80. The molecule has 2 aromatic rings. The number of para-hydroxylation sites is 2. The van der Waals surface area contributed by atoms with Gasteiger partial charge in [-0.3, -0.25) is 9.59 Å². The van der Waals surface area contributed by atoms with E-state index in [1.807, 2.05) is 36.4 Å². The smallest absolute Gasteiger partial charge is 0.875 e. The number of allylic oxidation sites excluding steroid dienone is 2. The normalized spacial score (nSPS) is 9.76. The summed E-state index contributed by atoms with van der Waals surface area (Å²) >= 11 is 0. The monoisotopic (exact) mass is 490 g/mol. The third-order valence-corrected chi connectivity index (χ3v) is 2.75. The molecule has 2 N–H and O–H groups in total. The van der Waals surface area contributed by atoms with Crippen LogP contribution in [0.2, 0.25) is 0 Å². The molecular weight excluding hydrogens is 460 g/mol. The van der Waals surface area contributed by atoms with Crippen molar-refractivity contribution in [2.45, 2.75) is 27.7 Å². The number of hydrogen-bond donors (Lipinski definition) is 2. The number of carbonyl (C=O) groups excluding carboxylic acids is 2. The molecule has 2 aromatic carbocycles. The molecule has 0 saturated carbocycles. The summed E-state index contributed by atoms with van der Waals surface area (Å²) in [5.41, 5.74) is 1.37. The summed E-state index contributed by atoms with van der Waals surface area (Å²) in [6.07, 6.45) is 2.04. The number of anilines is 2. The first-order valence-electron chi connectivity index (χ1n) is 9.78. The van der Waals surface area contributed by atoms with E-state index in [0.717, 1.165) is 12.2 Å². The Labute approximate surface area is 210 Å². The van der Waals surface area contributed by atoms with Crippen LogP contribution in [0.15, 0.2) is 84.3 Å². The molecule has 0 heterocycles. The minimum absolute atomic E-state index is 0. The molecule has 0 spiro atoms. The standard InChI is InChI=1S/2C10H11NO2.2C2H5O.Ti/c2*1-8(12)7-10(13)11-9-5-3-2-4-6-9;2*1-2-3;/h2*2-7,12H,1H3,(H,11,13);2*2H2,1H3;/q;;2*-1;+4/p-2/b2*8-7-;;;. The fraction of sp³-hybridized carbons (Fsp3) is 0.250. The Balaban J connectivity index is -0.000000430. The van der Waals surface area contributed by atoms with Crippen molar-refractivity contribution < 1.29 is 51.7 Å². The van der Waals surface area contributed by atoms with Crippen molar-refractivity contribution in [3.05, 3.63) is 84.3 Å². The molecule has 0 aromatic heterocycles. The Morgan fingerprint density at radius 2 is 0.939 bits per heavy atom. The molecular formula is C24H30N2O6Ti. The van der Waals surface area contributed by atoms with Gasteiger partial charge < -0.3 is 31.1 Å². The van der Waals surface area contributed by atoms with Crippen LogP contribution in [0.4, 0.5) is 11.4 Å². The van der Waals surface area contributed by atoms with Crippen molar-refractivity contribution in [3.63, 3.8) is 0 Å². The fourth-order valence-electron chi connectivity index (χ4n) is 1.77. The summed E-state index contributed by atoms with van der Waals surface area (Å²) in [5, 5.41) is 44.0. The number of hydrogen-bond acceptors (Lipinski definition) is 6. The minimum atomic E-state index is -0.390. The number of nitrogens with one attached hydrogen (secondary N) is 2. The number of benzene rings is 2. The first-order valence-corrected chi connectivity index (χ1v) is 9.78. The number of carbonyl (C=O) groups is 2. The average Bonchev–Trinajstić information content (AvgIpc) is 2.70. The molecule has 2 amide bonds. The average molecular weight is 490 g/mol. The van der Waals surface area contributed by atoms with Gasteiger partial charge in [-0.1, -0.05) is 64.1 Å². The quantitative estimate of drug-likeness (QED) is 0.362. The van der Waals surface area contributed by atoms with Crippen LogP contribution in [0.3, 0.4) is 0 Å². The first kappa shape index (κ1) is 34.7. The predicted molar refractivity (Wildman–Crippen MR) is 119 cm³/mol. The van der Waals surface area contributed by atoms with Crippen LogP contribution in [-0.4, -0.2) is 25.0 Å². The van der Waals surface area contributed by atoms with Crippen molar-refractivity contribution in [2.24, 2.45) is 0 Å². The van der Waals surface area contributed by atoms with Gasteiger partial charge in [-0.2, -0.15) is 0 Å². The fourth-order valence-corrected chi connectivity index (χ4v) is 1.77.